The molecule has 0 fully saturated rings. The molecule has 1 aromatic rings. The second-order valence-corrected chi connectivity index (χ2v) is 4.02. The highest BCUT2D eigenvalue weighted by Gasteiger charge is 2.31. The molecule has 4 nitrogen and oxygen atoms in total. The molecule has 0 aromatic heterocycles. The molecule has 0 spiro atoms. The average Bonchev–Trinajstić information content (AvgIpc) is 2.44. The zero-order chi connectivity index (χ0) is 13.1. The first-order valence-corrected chi connectivity index (χ1v) is 5.62. The molecule has 18 heavy (non-hydrogen) atoms. The second kappa shape index (κ2) is 5.04. The maximum atomic E-state index is 11.7. The second-order valence-electron chi connectivity index (χ2n) is 4.02. The average molecular weight is 246 g/mol. The van der Waals surface area contributed by atoms with E-state index in [1.54, 1.807) is 12.2 Å². The van der Waals surface area contributed by atoms with Gasteiger partial charge in [-0.05, 0) is 11.1 Å². The molecule has 2 rings (SSSR count). The highest BCUT2D eigenvalue weighted by Crippen LogP contribution is 2.34. The Kier molecular flexibility index (Phi) is 3.46. The molecule has 0 N–H and O–H groups in total. The van der Waals surface area contributed by atoms with Crippen LogP contribution in [0.1, 0.15) is 23.0 Å². The van der Waals surface area contributed by atoms with Gasteiger partial charge in [-0.3, -0.25) is 9.59 Å². The van der Waals surface area contributed by atoms with Gasteiger partial charge in [0.05, 0.1) is 14.2 Å². The first-order valence-electron chi connectivity index (χ1n) is 5.62. The van der Waals surface area contributed by atoms with Gasteiger partial charge in [0.2, 0.25) is 0 Å². The summed E-state index contributed by atoms with van der Waals surface area (Å²) in [5.74, 6) is -1.57. The van der Waals surface area contributed by atoms with E-state index in [0.717, 1.165) is 11.1 Å². The third-order valence-corrected chi connectivity index (χ3v) is 3.07. The molecule has 1 aromatic carbocycles. The monoisotopic (exact) mass is 246 g/mol. The van der Waals surface area contributed by atoms with Gasteiger partial charge in [0.15, 0.2) is 0 Å². The van der Waals surface area contributed by atoms with E-state index in [1.807, 2.05) is 24.3 Å². The van der Waals surface area contributed by atoms with Crippen molar-refractivity contribution in [3.05, 3.63) is 47.5 Å². The van der Waals surface area contributed by atoms with Gasteiger partial charge in [-0.1, -0.05) is 36.4 Å². The van der Waals surface area contributed by atoms with Crippen LogP contribution in [0.2, 0.25) is 0 Å². The molecule has 0 amide bonds. The van der Waals surface area contributed by atoms with Crippen molar-refractivity contribution < 1.29 is 19.1 Å². The van der Waals surface area contributed by atoms with Crippen LogP contribution in [0.4, 0.5) is 0 Å². The van der Waals surface area contributed by atoms with E-state index in [1.165, 1.54) is 14.2 Å². The van der Waals surface area contributed by atoms with Crippen LogP contribution in [-0.4, -0.2) is 26.2 Å². The molecule has 94 valence electrons. The minimum atomic E-state index is -0.452. The van der Waals surface area contributed by atoms with Gasteiger partial charge in [0.1, 0.15) is 11.8 Å². The standard InChI is InChI=1S/C14H14O4/c1-17-13(15)11-7-8-12(14(16)18-2)10-6-4-3-5-9(10)11/h3-8,11-12H,1-2H3/t11-,12+. The lowest BCUT2D eigenvalue weighted by atomic mass is 9.82. The van der Waals surface area contributed by atoms with E-state index in [4.69, 9.17) is 9.47 Å². The van der Waals surface area contributed by atoms with E-state index in [9.17, 15) is 9.59 Å². The Morgan fingerprint density at radius 3 is 1.61 bits per heavy atom. The van der Waals surface area contributed by atoms with Crippen molar-refractivity contribution in [2.75, 3.05) is 14.2 Å². The topological polar surface area (TPSA) is 52.6 Å². The number of carbonyl (C=O) groups excluding carboxylic acids is 2. The third-order valence-electron chi connectivity index (χ3n) is 3.07. The van der Waals surface area contributed by atoms with Crippen molar-refractivity contribution in [1.29, 1.82) is 0 Å². The van der Waals surface area contributed by atoms with Crippen LogP contribution >= 0.6 is 0 Å². The van der Waals surface area contributed by atoms with Crippen molar-refractivity contribution in [2.45, 2.75) is 11.8 Å². The van der Waals surface area contributed by atoms with Crippen LogP contribution in [0.3, 0.4) is 0 Å². The van der Waals surface area contributed by atoms with Crippen molar-refractivity contribution in [1.82, 2.24) is 0 Å². The highest BCUT2D eigenvalue weighted by atomic mass is 16.5. The quantitative estimate of drug-likeness (QED) is 0.589. The molecule has 0 unspecified atom stereocenters. The number of carbonyl (C=O) groups is 2. The largest absolute Gasteiger partial charge is 0.468 e. The van der Waals surface area contributed by atoms with E-state index in [0.29, 0.717) is 0 Å². The number of methoxy groups -OCH3 is 2. The summed E-state index contributed by atoms with van der Waals surface area (Å²) in [4.78, 5) is 23.4. The normalized spacial score (nSPS) is 21.0. The van der Waals surface area contributed by atoms with E-state index in [-0.39, 0.29) is 11.9 Å². The summed E-state index contributed by atoms with van der Waals surface area (Å²) >= 11 is 0. The summed E-state index contributed by atoms with van der Waals surface area (Å²) in [6.45, 7) is 0. The van der Waals surface area contributed by atoms with Crippen LogP contribution in [-0.2, 0) is 19.1 Å². The Morgan fingerprint density at radius 2 is 1.28 bits per heavy atom. The van der Waals surface area contributed by atoms with Crippen molar-refractivity contribution in [2.24, 2.45) is 0 Å². The summed E-state index contributed by atoms with van der Waals surface area (Å²) in [7, 11) is 2.70. The molecule has 0 aliphatic heterocycles. The molecule has 0 radical (unpaired) electrons. The zero-order valence-electron chi connectivity index (χ0n) is 10.3. The molecule has 1 aliphatic rings. The molecule has 0 bridgehead atoms. The molecule has 2 atom stereocenters. The Bertz CT molecular complexity index is 459. The number of rotatable bonds is 2. The zero-order valence-corrected chi connectivity index (χ0v) is 10.3. The van der Waals surface area contributed by atoms with Crippen molar-refractivity contribution in [3.63, 3.8) is 0 Å². The van der Waals surface area contributed by atoms with Gasteiger partial charge in [-0.15, -0.1) is 0 Å². The number of benzene rings is 1. The summed E-state index contributed by atoms with van der Waals surface area (Å²) in [5.41, 5.74) is 1.59. The fourth-order valence-electron chi connectivity index (χ4n) is 2.17. The Morgan fingerprint density at radius 1 is 0.889 bits per heavy atom. The first-order chi connectivity index (χ1) is 8.69. The predicted molar refractivity (Wildman–Crippen MR) is 65.1 cm³/mol. The maximum absolute atomic E-state index is 11.7. The van der Waals surface area contributed by atoms with Crippen LogP contribution < -0.4 is 0 Å². The first kappa shape index (κ1) is 12.4. The van der Waals surface area contributed by atoms with Crippen LogP contribution in [0, 0.1) is 0 Å². The highest BCUT2D eigenvalue weighted by molar-refractivity contribution is 5.87. The lowest BCUT2D eigenvalue weighted by Crippen LogP contribution is -2.22. The number of esters is 2. The van der Waals surface area contributed by atoms with Gasteiger partial charge in [0.25, 0.3) is 0 Å². The third kappa shape index (κ3) is 2.01. The predicted octanol–water partition coefficient (Wildman–Crippen LogP) is 1.77. The van der Waals surface area contributed by atoms with Gasteiger partial charge in [-0.25, -0.2) is 0 Å². The van der Waals surface area contributed by atoms with Crippen LogP contribution in [0.15, 0.2) is 36.4 Å². The number of ether oxygens (including phenoxy) is 2. The fraction of sp³-hybridized carbons (Fsp3) is 0.286. The number of hydrogen-bond acceptors (Lipinski definition) is 4. The minimum absolute atomic E-state index is 0.331. The van der Waals surface area contributed by atoms with Crippen molar-refractivity contribution in [3.8, 4) is 0 Å². The van der Waals surface area contributed by atoms with Gasteiger partial charge in [0, 0.05) is 0 Å². The van der Waals surface area contributed by atoms with Gasteiger partial charge >= 0.3 is 11.9 Å². The summed E-state index contributed by atoms with van der Waals surface area (Å²) in [6.07, 6.45) is 3.38. The maximum Gasteiger partial charge on any atom is 0.317 e. The van der Waals surface area contributed by atoms with E-state index in [2.05, 4.69) is 0 Å². The van der Waals surface area contributed by atoms with Crippen LogP contribution in [0.25, 0.3) is 0 Å². The molecule has 0 saturated carbocycles. The van der Waals surface area contributed by atoms with Gasteiger partial charge in [-0.2, -0.15) is 0 Å². The lowest BCUT2D eigenvalue weighted by molar-refractivity contribution is -0.143. The number of fused-ring (bicyclic) bond motifs is 1. The number of hydrogen-bond donors (Lipinski definition) is 0. The molecular formula is C14H14O4. The van der Waals surface area contributed by atoms with Crippen LogP contribution in [0.5, 0.6) is 0 Å². The lowest BCUT2D eigenvalue weighted by Gasteiger charge is -2.23. The molecule has 1 aliphatic carbocycles. The molecular weight excluding hydrogens is 232 g/mol. The Balaban J connectivity index is 2.45. The van der Waals surface area contributed by atoms with E-state index >= 15 is 0 Å². The molecule has 4 heteroatoms. The smallest absolute Gasteiger partial charge is 0.317 e. The van der Waals surface area contributed by atoms with E-state index < -0.39 is 11.8 Å². The Hall–Kier alpha value is -2.10. The molecule has 0 saturated heterocycles. The molecule has 0 heterocycles. The SMILES string of the molecule is COC(=O)[C@H]1C=C[C@@H](C(=O)OC)c2ccccc21. The van der Waals surface area contributed by atoms with Gasteiger partial charge < -0.3 is 9.47 Å². The van der Waals surface area contributed by atoms with Crippen molar-refractivity contribution >= 4 is 11.9 Å². The Labute approximate surface area is 105 Å². The fourth-order valence-corrected chi connectivity index (χ4v) is 2.17. The summed E-state index contributed by atoms with van der Waals surface area (Å²) in [6, 6.07) is 7.33. The summed E-state index contributed by atoms with van der Waals surface area (Å²) < 4.78 is 9.52. The minimum Gasteiger partial charge on any atom is -0.468 e. The summed E-state index contributed by atoms with van der Waals surface area (Å²) in [5, 5.41) is 0.